The number of amides is 1. The van der Waals surface area contributed by atoms with Gasteiger partial charge in [0.15, 0.2) is 0 Å². The normalized spacial score (nSPS) is 12.1. The van der Waals surface area contributed by atoms with Crippen molar-refractivity contribution in [2.45, 2.75) is 79.3 Å². The highest BCUT2D eigenvalue weighted by atomic mass is 16.3. The van der Waals surface area contributed by atoms with E-state index in [1.165, 1.54) is 0 Å². The number of carbonyl (C=O) groups is 1. The van der Waals surface area contributed by atoms with Gasteiger partial charge in [-0.05, 0) is 35.8 Å². The molecule has 29 heavy (non-hydrogen) atoms. The monoisotopic (exact) mass is 397 g/mol. The Bertz CT molecular complexity index is 830. The summed E-state index contributed by atoms with van der Waals surface area (Å²) in [6, 6.07) is 7.81. The number of aromatic hydroxyl groups is 2. The maximum atomic E-state index is 11.8. The third kappa shape index (κ3) is 5.31. The van der Waals surface area contributed by atoms with Crippen LogP contribution in [0, 0.1) is 13.8 Å². The fourth-order valence-electron chi connectivity index (χ4n) is 3.66. The Hall–Kier alpha value is -2.49. The summed E-state index contributed by atoms with van der Waals surface area (Å²) in [4.78, 5) is 13.4. The van der Waals surface area contributed by atoms with Crippen LogP contribution in [0.5, 0.6) is 11.5 Å². The molecule has 158 valence electrons. The van der Waals surface area contributed by atoms with E-state index in [-0.39, 0.29) is 35.4 Å². The van der Waals surface area contributed by atoms with Crippen LogP contribution in [-0.2, 0) is 28.7 Å². The van der Waals surface area contributed by atoms with Crippen LogP contribution >= 0.6 is 0 Å². The lowest BCUT2D eigenvalue weighted by Gasteiger charge is -2.26. The molecule has 0 bridgehead atoms. The molecule has 0 aliphatic carbocycles. The van der Waals surface area contributed by atoms with Crippen molar-refractivity contribution >= 4 is 6.41 Å². The first-order valence-electron chi connectivity index (χ1n) is 10.1. The second-order valence-electron chi connectivity index (χ2n) is 10.2. The summed E-state index contributed by atoms with van der Waals surface area (Å²) in [5.74, 6) is 0.470. The molecule has 1 amide bonds. The fraction of sp³-hybridized carbons (Fsp3) is 0.480. The summed E-state index contributed by atoms with van der Waals surface area (Å²) in [6.45, 7) is 16.9. The van der Waals surface area contributed by atoms with Gasteiger partial charge in [-0.15, -0.1) is 0 Å². The summed E-state index contributed by atoms with van der Waals surface area (Å²) in [6.07, 6.45) is 0.775. The number of phenols is 2. The van der Waals surface area contributed by atoms with Crippen LogP contribution in [0.25, 0.3) is 0 Å². The van der Waals surface area contributed by atoms with Crippen LogP contribution in [0.4, 0.5) is 0 Å². The SMILES string of the molecule is Cc1cc(CN(C=O)Cc2cc(C)cc(C(C)(C)C)c2O)c(O)c(C(C)(C)C)c1. The lowest BCUT2D eigenvalue weighted by atomic mass is 9.84. The number of benzene rings is 2. The quantitative estimate of drug-likeness (QED) is 0.658. The molecule has 2 N–H and O–H groups in total. The lowest BCUT2D eigenvalue weighted by molar-refractivity contribution is -0.119. The van der Waals surface area contributed by atoms with Gasteiger partial charge in [0, 0.05) is 24.2 Å². The maximum Gasteiger partial charge on any atom is 0.210 e. The molecule has 0 aliphatic rings. The van der Waals surface area contributed by atoms with Crippen molar-refractivity contribution in [2.24, 2.45) is 0 Å². The van der Waals surface area contributed by atoms with E-state index in [1.807, 2.05) is 38.1 Å². The molecule has 0 saturated heterocycles. The van der Waals surface area contributed by atoms with E-state index < -0.39 is 0 Å². The molecule has 0 fully saturated rings. The molecule has 0 spiro atoms. The zero-order chi connectivity index (χ0) is 22.1. The first-order valence-corrected chi connectivity index (χ1v) is 10.1. The van der Waals surface area contributed by atoms with Gasteiger partial charge in [-0.2, -0.15) is 0 Å². The first-order chi connectivity index (χ1) is 13.2. The lowest BCUT2D eigenvalue weighted by Crippen LogP contribution is -2.22. The molecule has 4 nitrogen and oxygen atoms in total. The summed E-state index contributed by atoms with van der Waals surface area (Å²) in [5, 5.41) is 21.6. The van der Waals surface area contributed by atoms with Crippen LogP contribution in [0.2, 0.25) is 0 Å². The summed E-state index contributed by atoms with van der Waals surface area (Å²) >= 11 is 0. The van der Waals surface area contributed by atoms with E-state index in [4.69, 9.17) is 0 Å². The molecular weight excluding hydrogens is 362 g/mol. The summed E-state index contributed by atoms with van der Waals surface area (Å²) in [5.41, 5.74) is 4.85. The third-order valence-electron chi connectivity index (χ3n) is 5.18. The Morgan fingerprint density at radius 3 is 1.38 bits per heavy atom. The number of carbonyl (C=O) groups excluding carboxylic acids is 1. The van der Waals surface area contributed by atoms with E-state index in [9.17, 15) is 15.0 Å². The molecule has 0 heterocycles. The number of hydrogen-bond acceptors (Lipinski definition) is 3. The molecule has 0 saturated carbocycles. The first kappa shape index (κ1) is 22.8. The zero-order valence-corrected chi connectivity index (χ0v) is 19.1. The largest absolute Gasteiger partial charge is 0.507 e. The summed E-state index contributed by atoms with van der Waals surface area (Å²) < 4.78 is 0. The molecule has 2 aromatic rings. The topological polar surface area (TPSA) is 60.8 Å². The molecule has 2 aromatic carbocycles. The Balaban J connectivity index is 2.40. The van der Waals surface area contributed by atoms with Gasteiger partial charge < -0.3 is 15.1 Å². The molecule has 0 unspecified atom stereocenters. The van der Waals surface area contributed by atoms with E-state index in [2.05, 4.69) is 41.5 Å². The van der Waals surface area contributed by atoms with Crippen molar-refractivity contribution in [1.82, 2.24) is 4.90 Å². The van der Waals surface area contributed by atoms with Gasteiger partial charge in [-0.1, -0.05) is 76.9 Å². The average molecular weight is 398 g/mol. The van der Waals surface area contributed by atoms with Crippen LogP contribution in [-0.4, -0.2) is 21.5 Å². The number of nitrogens with zero attached hydrogens (tertiary/aromatic N) is 1. The minimum absolute atomic E-state index is 0.201. The molecule has 0 atom stereocenters. The Morgan fingerprint density at radius 1 is 0.759 bits per heavy atom. The highest BCUT2D eigenvalue weighted by molar-refractivity contribution is 5.53. The standard InChI is InChI=1S/C25H35NO3/c1-16-9-18(22(28)20(11-16)24(3,4)5)13-26(15-27)14-19-10-17(2)12-21(23(19)29)25(6,7)8/h9-12,15,28-29H,13-14H2,1-8H3. The predicted molar refractivity (Wildman–Crippen MR) is 118 cm³/mol. The minimum Gasteiger partial charge on any atom is -0.507 e. The fourth-order valence-corrected chi connectivity index (χ4v) is 3.66. The van der Waals surface area contributed by atoms with Gasteiger partial charge in [0.1, 0.15) is 11.5 Å². The average Bonchev–Trinajstić information content (AvgIpc) is 2.57. The van der Waals surface area contributed by atoms with Crippen molar-refractivity contribution in [3.8, 4) is 11.5 Å². The molecule has 2 rings (SSSR count). The van der Waals surface area contributed by atoms with Crippen molar-refractivity contribution in [3.63, 3.8) is 0 Å². The van der Waals surface area contributed by atoms with Crippen LogP contribution < -0.4 is 0 Å². The number of phenolic OH excluding ortho intramolecular Hbond substituents is 2. The minimum atomic E-state index is -0.201. The number of hydrogen-bond donors (Lipinski definition) is 2. The predicted octanol–water partition coefficient (Wildman–Crippen LogP) is 5.47. The third-order valence-corrected chi connectivity index (χ3v) is 5.18. The van der Waals surface area contributed by atoms with Crippen molar-refractivity contribution in [3.05, 3.63) is 57.6 Å². The second-order valence-corrected chi connectivity index (χ2v) is 10.2. The van der Waals surface area contributed by atoms with Crippen molar-refractivity contribution in [1.29, 1.82) is 0 Å². The van der Waals surface area contributed by atoms with E-state index in [0.29, 0.717) is 11.1 Å². The van der Waals surface area contributed by atoms with Crippen molar-refractivity contribution < 1.29 is 15.0 Å². The Morgan fingerprint density at radius 2 is 1.10 bits per heavy atom. The number of rotatable bonds is 5. The van der Waals surface area contributed by atoms with Gasteiger partial charge in [0.2, 0.25) is 6.41 Å². The van der Waals surface area contributed by atoms with Gasteiger partial charge in [0.05, 0.1) is 0 Å². The summed E-state index contributed by atoms with van der Waals surface area (Å²) in [7, 11) is 0. The number of aryl methyl sites for hydroxylation is 2. The van der Waals surface area contributed by atoms with Gasteiger partial charge >= 0.3 is 0 Å². The van der Waals surface area contributed by atoms with Gasteiger partial charge in [-0.3, -0.25) is 4.79 Å². The molecular formula is C25H35NO3. The van der Waals surface area contributed by atoms with E-state index >= 15 is 0 Å². The Labute approximate surface area is 175 Å². The maximum absolute atomic E-state index is 11.8. The molecule has 0 aromatic heterocycles. The van der Waals surface area contributed by atoms with E-state index in [0.717, 1.165) is 28.7 Å². The smallest absolute Gasteiger partial charge is 0.210 e. The Kier molecular flexibility index (Phi) is 6.36. The highest BCUT2D eigenvalue weighted by Gasteiger charge is 2.23. The van der Waals surface area contributed by atoms with Gasteiger partial charge in [0.25, 0.3) is 0 Å². The van der Waals surface area contributed by atoms with Gasteiger partial charge in [-0.25, -0.2) is 0 Å². The van der Waals surface area contributed by atoms with E-state index in [1.54, 1.807) is 4.90 Å². The second kappa shape index (κ2) is 8.10. The van der Waals surface area contributed by atoms with Crippen LogP contribution in [0.15, 0.2) is 24.3 Å². The van der Waals surface area contributed by atoms with Crippen molar-refractivity contribution in [2.75, 3.05) is 0 Å². The zero-order valence-electron chi connectivity index (χ0n) is 19.1. The van der Waals surface area contributed by atoms with Crippen LogP contribution in [0.1, 0.15) is 74.9 Å². The molecule has 0 aliphatic heterocycles. The molecule has 4 heteroatoms. The molecule has 0 radical (unpaired) electrons. The highest BCUT2D eigenvalue weighted by Crippen LogP contribution is 2.37. The van der Waals surface area contributed by atoms with Crippen LogP contribution in [0.3, 0.4) is 0 Å².